The second kappa shape index (κ2) is 6.12. The number of nitrogens with two attached hydrogens (primary N) is 1. The highest BCUT2D eigenvalue weighted by atomic mass is 79.9. The zero-order chi connectivity index (χ0) is 13.8. The van der Waals surface area contributed by atoms with Gasteiger partial charge >= 0.3 is 0 Å². The highest BCUT2D eigenvalue weighted by molar-refractivity contribution is 9.10. The maximum Gasteiger partial charge on any atom is 0.124 e. The van der Waals surface area contributed by atoms with E-state index in [9.17, 15) is 4.39 Å². The topological polar surface area (TPSA) is 38.0 Å². The van der Waals surface area contributed by atoms with Gasteiger partial charge in [-0.1, -0.05) is 46.3 Å². The number of thiocarbonyl (C=S) groups is 1. The Morgan fingerprint density at radius 1 is 1.26 bits per heavy atom. The van der Waals surface area contributed by atoms with Crippen molar-refractivity contribution in [1.29, 1.82) is 0 Å². The summed E-state index contributed by atoms with van der Waals surface area (Å²) in [5.41, 5.74) is 7.94. The van der Waals surface area contributed by atoms with Crippen molar-refractivity contribution in [2.75, 3.05) is 5.32 Å². The summed E-state index contributed by atoms with van der Waals surface area (Å²) in [4.78, 5) is 0.175. The minimum Gasteiger partial charge on any atom is -0.389 e. The summed E-state index contributed by atoms with van der Waals surface area (Å²) in [6.45, 7) is 0.600. The van der Waals surface area contributed by atoms with E-state index < -0.39 is 0 Å². The molecule has 0 saturated heterocycles. The molecule has 0 saturated carbocycles. The molecule has 0 aliphatic carbocycles. The Labute approximate surface area is 124 Å². The Morgan fingerprint density at radius 2 is 2.00 bits per heavy atom. The van der Waals surface area contributed by atoms with Gasteiger partial charge in [-0.2, -0.15) is 0 Å². The van der Waals surface area contributed by atoms with Gasteiger partial charge in [-0.3, -0.25) is 0 Å². The van der Waals surface area contributed by atoms with Crippen LogP contribution in [-0.4, -0.2) is 4.99 Å². The molecule has 3 N–H and O–H groups in total. The van der Waals surface area contributed by atoms with Gasteiger partial charge in [0.1, 0.15) is 10.8 Å². The van der Waals surface area contributed by atoms with Crippen molar-refractivity contribution in [3.63, 3.8) is 0 Å². The number of nitrogens with one attached hydrogen (secondary N) is 1. The van der Waals surface area contributed by atoms with Gasteiger partial charge in [0.15, 0.2) is 0 Å². The maximum atomic E-state index is 13.2. The first kappa shape index (κ1) is 14.0. The van der Waals surface area contributed by atoms with Crippen LogP contribution in [0.15, 0.2) is 46.9 Å². The first-order chi connectivity index (χ1) is 9.08. The van der Waals surface area contributed by atoms with Gasteiger partial charge < -0.3 is 11.1 Å². The van der Waals surface area contributed by atoms with E-state index in [0.717, 1.165) is 15.7 Å². The zero-order valence-corrected chi connectivity index (χ0v) is 12.4. The molecule has 0 atom stereocenters. The molecular formula is C14H12BrFN2S. The molecule has 2 rings (SSSR count). The molecule has 0 heterocycles. The predicted octanol–water partition coefficient (Wildman–Crippen LogP) is 3.83. The summed E-state index contributed by atoms with van der Waals surface area (Å²) in [5, 5.41) is 3.21. The molecule has 0 aromatic heterocycles. The van der Waals surface area contributed by atoms with Gasteiger partial charge in [0, 0.05) is 22.3 Å². The summed E-state index contributed by atoms with van der Waals surface area (Å²) in [6.07, 6.45) is 0. The van der Waals surface area contributed by atoms with Gasteiger partial charge in [0.25, 0.3) is 0 Å². The van der Waals surface area contributed by atoms with Crippen molar-refractivity contribution >= 4 is 38.8 Å². The van der Waals surface area contributed by atoms with Crippen LogP contribution in [-0.2, 0) is 6.54 Å². The molecule has 2 aromatic carbocycles. The molecule has 2 aromatic rings. The number of hydrogen-bond acceptors (Lipinski definition) is 2. The average molecular weight is 339 g/mol. The van der Waals surface area contributed by atoms with E-state index in [4.69, 9.17) is 18.0 Å². The van der Waals surface area contributed by atoms with E-state index in [-0.39, 0.29) is 10.8 Å². The van der Waals surface area contributed by atoms with Gasteiger partial charge in [0.05, 0.1) is 0 Å². The number of anilines is 1. The largest absolute Gasteiger partial charge is 0.389 e. The molecule has 0 radical (unpaired) electrons. The molecule has 19 heavy (non-hydrogen) atoms. The second-order valence-electron chi connectivity index (χ2n) is 4.00. The highest BCUT2D eigenvalue weighted by Gasteiger charge is 2.07. The average Bonchev–Trinajstić information content (AvgIpc) is 2.38. The van der Waals surface area contributed by atoms with Gasteiger partial charge in [-0.25, -0.2) is 4.39 Å². The molecule has 0 aliphatic heterocycles. The van der Waals surface area contributed by atoms with Crippen LogP contribution in [0, 0.1) is 5.82 Å². The van der Waals surface area contributed by atoms with Crippen molar-refractivity contribution in [2.45, 2.75) is 6.54 Å². The van der Waals surface area contributed by atoms with Crippen LogP contribution in [0.25, 0.3) is 0 Å². The molecule has 5 heteroatoms. The number of benzene rings is 2. The van der Waals surface area contributed by atoms with Crippen LogP contribution >= 0.6 is 28.1 Å². The number of hydrogen-bond donors (Lipinski definition) is 2. The Kier molecular flexibility index (Phi) is 4.50. The fourth-order valence-corrected chi connectivity index (χ4v) is 2.30. The quantitative estimate of drug-likeness (QED) is 0.832. The van der Waals surface area contributed by atoms with Crippen LogP contribution in [0.5, 0.6) is 0 Å². The van der Waals surface area contributed by atoms with E-state index in [0.29, 0.717) is 12.1 Å². The van der Waals surface area contributed by atoms with Crippen LogP contribution in [0.3, 0.4) is 0 Å². The van der Waals surface area contributed by atoms with Crippen molar-refractivity contribution in [3.8, 4) is 0 Å². The van der Waals surface area contributed by atoms with Crippen molar-refractivity contribution in [1.82, 2.24) is 0 Å². The second-order valence-corrected chi connectivity index (χ2v) is 5.29. The summed E-state index contributed by atoms with van der Waals surface area (Å²) < 4.78 is 14.2. The molecule has 2 nitrogen and oxygen atoms in total. The lowest BCUT2D eigenvalue weighted by Gasteiger charge is -2.12. The van der Waals surface area contributed by atoms with Crippen LogP contribution < -0.4 is 11.1 Å². The lowest BCUT2D eigenvalue weighted by Crippen LogP contribution is -2.13. The van der Waals surface area contributed by atoms with Crippen LogP contribution in [0.2, 0.25) is 0 Å². The maximum absolute atomic E-state index is 13.2. The highest BCUT2D eigenvalue weighted by Crippen LogP contribution is 2.21. The first-order valence-corrected chi connectivity index (χ1v) is 6.84. The van der Waals surface area contributed by atoms with E-state index in [1.54, 1.807) is 6.07 Å². The molecule has 0 spiro atoms. The van der Waals surface area contributed by atoms with E-state index in [1.807, 2.05) is 24.3 Å². The van der Waals surface area contributed by atoms with E-state index in [1.165, 1.54) is 12.1 Å². The summed E-state index contributed by atoms with van der Waals surface area (Å²) in [5.74, 6) is -0.353. The standard InChI is InChI=1S/C14H12BrFN2S/c15-12-4-2-1-3-9(12)8-18-13-6-5-10(16)7-11(13)14(17)19/h1-7,18H,8H2,(H2,17,19). The molecule has 98 valence electrons. The van der Waals surface area contributed by atoms with E-state index in [2.05, 4.69) is 21.2 Å². The van der Waals surface area contributed by atoms with Crippen molar-refractivity contribution in [3.05, 3.63) is 63.9 Å². The first-order valence-electron chi connectivity index (χ1n) is 5.64. The number of halogens is 2. The molecule has 0 aliphatic rings. The zero-order valence-electron chi connectivity index (χ0n) is 9.99. The van der Waals surface area contributed by atoms with Gasteiger partial charge in [-0.05, 0) is 29.8 Å². The fraction of sp³-hybridized carbons (Fsp3) is 0.0714. The SMILES string of the molecule is NC(=S)c1cc(F)ccc1NCc1ccccc1Br. The monoisotopic (exact) mass is 338 g/mol. The molecular weight excluding hydrogens is 327 g/mol. The Morgan fingerprint density at radius 3 is 2.68 bits per heavy atom. The molecule has 0 unspecified atom stereocenters. The summed E-state index contributed by atoms with van der Waals surface area (Å²) in [6, 6.07) is 12.2. The van der Waals surface area contributed by atoms with Crippen LogP contribution in [0.4, 0.5) is 10.1 Å². The normalized spacial score (nSPS) is 10.2. The minimum absolute atomic E-state index is 0.175. The molecule has 0 bridgehead atoms. The summed E-state index contributed by atoms with van der Waals surface area (Å²) in [7, 11) is 0. The third-order valence-electron chi connectivity index (χ3n) is 2.67. The van der Waals surface area contributed by atoms with Crippen molar-refractivity contribution in [2.24, 2.45) is 5.73 Å². The lowest BCUT2D eigenvalue weighted by atomic mass is 10.1. The Hall–Kier alpha value is -1.46. The van der Waals surface area contributed by atoms with Gasteiger partial charge in [0.2, 0.25) is 0 Å². The number of rotatable bonds is 4. The molecule has 0 fully saturated rings. The smallest absolute Gasteiger partial charge is 0.124 e. The third-order valence-corrected chi connectivity index (χ3v) is 3.67. The summed E-state index contributed by atoms with van der Waals surface area (Å²) >= 11 is 8.41. The Bertz CT molecular complexity index is 616. The minimum atomic E-state index is -0.353. The predicted molar refractivity (Wildman–Crippen MR) is 83.8 cm³/mol. The third kappa shape index (κ3) is 3.52. The molecule has 0 amide bonds. The van der Waals surface area contributed by atoms with Crippen LogP contribution in [0.1, 0.15) is 11.1 Å². The van der Waals surface area contributed by atoms with E-state index >= 15 is 0 Å². The van der Waals surface area contributed by atoms with Crippen molar-refractivity contribution < 1.29 is 4.39 Å². The lowest BCUT2D eigenvalue weighted by molar-refractivity contribution is 0.627. The Balaban J connectivity index is 2.20. The fourth-order valence-electron chi connectivity index (χ4n) is 1.71. The van der Waals surface area contributed by atoms with Gasteiger partial charge in [-0.15, -0.1) is 0 Å².